The molecule has 0 aliphatic rings. The molecule has 23 heavy (non-hydrogen) atoms. The van der Waals surface area contributed by atoms with Gasteiger partial charge in [-0.25, -0.2) is 5.43 Å². The molecule has 0 radical (unpaired) electrons. The van der Waals surface area contributed by atoms with Gasteiger partial charge in [0.15, 0.2) is 11.5 Å². The number of ether oxygens (including phenoxy) is 2. The third-order valence-corrected chi connectivity index (χ3v) is 3.74. The van der Waals surface area contributed by atoms with E-state index in [1.165, 1.54) is 30.6 Å². The van der Waals surface area contributed by atoms with E-state index in [9.17, 15) is 13.6 Å². The first-order chi connectivity index (χ1) is 11.0. The summed E-state index contributed by atoms with van der Waals surface area (Å²) in [7, 11) is 1.35. The normalized spacial score (nSPS) is 11.4. The fourth-order valence-corrected chi connectivity index (χ4v) is 2.36. The number of amides is 1. The Bertz CT molecular complexity index is 703. The molecule has 1 heterocycles. The zero-order valence-electron chi connectivity index (χ0n) is 12.4. The first-order valence-electron chi connectivity index (χ1n) is 6.52. The van der Waals surface area contributed by atoms with E-state index in [1.54, 1.807) is 30.5 Å². The van der Waals surface area contributed by atoms with Gasteiger partial charge in [0.2, 0.25) is 0 Å². The number of nitrogens with zero attached hydrogens (tertiary/aromatic N) is 1. The molecule has 0 unspecified atom stereocenters. The molecule has 0 atom stereocenters. The van der Waals surface area contributed by atoms with Crippen LogP contribution in [0.4, 0.5) is 8.78 Å². The minimum atomic E-state index is -2.94. The molecule has 5 nitrogen and oxygen atoms in total. The van der Waals surface area contributed by atoms with Crippen LogP contribution in [0.15, 0.2) is 40.8 Å². The van der Waals surface area contributed by atoms with Crippen LogP contribution in [0.1, 0.15) is 22.2 Å². The maximum Gasteiger partial charge on any atom is 0.387 e. The van der Waals surface area contributed by atoms with Crippen LogP contribution < -0.4 is 14.9 Å². The van der Waals surface area contributed by atoms with Gasteiger partial charge in [0.25, 0.3) is 5.91 Å². The SMILES string of the molecule is COc1cc(/C(C)=N\NC(=O)c2cccs2)ccc1OC(F)F. The Hall–Kier alpha value is -2.48. The Balaban J connectivity index is 2.13. The maximum absolute atomic E-state index is 12.3. The molecule has 1 aromatic carbocycles. The highest BCUT2D eigenvalue weighted by Gasteiger charge is 2.12. The number of nitrogens with one attached hydrogen (secondary N) is 1. The Kier molecular flexibility index (Phi) is 5.64. The van der Waals surface area contributed by atoms with E-state index in [-0.39, 0.29) is 17.4 Å². The summed E-state index contributed by atoms with van der Waals surface area (Å²) in [4.78, 5) is 12.3. The van der Waals surface area contributed by atoms with Gasteiger partial charge in [-0.1, -0.05) is 6.07 Å². The number of hydrogen-bond donors (Lipinski definition) is 1. The summed E-state index contributed by atoms with van der Waals surface area (Å²) >= 11 is 1.30. The van der Waals surface area contributed by atoms with Crippen molar-refractivity contribution in [3.05, 3.63) is 46.2 Å². The first-order valence-corrected chi connectivity index (χ1v) is 7.40. The van der Waals surface area contributed by atoms with Crippen LogP contribution in [0.3, 0.4) is 0 Å². The van der Waals surface area contributed by atoms with Gasteiger partial charge in [-0.05, 0) is 36.6 Å². The molecule has 0 saturated carbocycles. The molecule has 2 rings (SSSR count). The summed E-state index contributed by atoms with van der Waals surface area (Å²) in [5.74, 6) is -0.229. The largest absolute Gasteiger partial charge is 0.493 e. The van der Waals surface area contributed by atoms with Gasteiger partial charge in [0.05, 0.1) is 17.7 Å². The summed E-state index contributed by atoms with van der Waals surface area (Å²) < 4.78 is 34.0. The Morgan fingerprint density at radius 2 is 2.09 bits per heavy atom. The molecule has 1 amide bonds. The van der Waals surface area contributed by atoms with Gasteiger partial charge in [-0.2, -0.15) is 13.9 Å². The number of alkyl halides is 2. The zero-order chi connectivity index (χ0) is 16.8. The highest BCUT2D eigenvalue weighted by atomic mass is 32.1. The van der Waals surface area contributed by atoms with Crippen LogP contribution >= 0.6 is 11.3 Å². The summed E-state index contributed by atoms with van der Waals surface area (Å²) in [6, 6.07) is 7.87. The van der Waals surface area contributed by atoms with Gasteiger partial charge in [0.1, 0.15) is 0 Å². The van der Waals surface area contributed by atoms with Crippen LogP contribution in [-0.2, 0) is 0 Å². The molecule has 122 valence electrons. The number of hydrogen-bond acceptors (Lipinski definition) is 5. The predicted molar refractivity (Wildman–Crippen MR) is 83.6 cm³/mol. The fraction of sp³-hybridized carbons (Fsp3) is 0.200. The second-order valence-corrected chi connectivity index (χ2v) is 5.31. The predicted octanol–water partition coefficient (Wildman–Crippen LogP) is 3.51. The molecular formula is C15H14F2N2O3S. The lowest BCUT2D eigenvalue weighted by Crippen LogP contribution is -2.18. The van der Waals surface area contributed by atoms with Crippen LogP contribution in [0, 0.1) is 0 Å². The van der Waals surface area contributed by atoms with Crippen LogP contribution in [-0.4, -0.2) is 25.3 Å². The smallest absolute Gasteiger partial charge is 0.387 e. The molecule has 2 aromatic rings. The van der Waals surface area contributed by atoms with Crippen molar-refractivity contribution < 1.29 is 23.0 Å². The quantitative estimate of drug-likeness (QED) is 0.647. The molecule has 0 spiro atoms. The number of rotatable bonds is 6. The van der Waals surface area contributed by atoms with Crippen molar-refractivity contribution in [3.63, 3.8) is 0 Å². The monoisotopic (exact) mass is 340 g/mol. The summed E-state index contributed by atoms with van der Waals surface area (Å²) in [5, 5.41) is 5.79. The highest BCUT2D eigenvalue weighted by molar-refractivity contribution is 7.12. The van der Waals surface area contributed by atoms with Gasteiger partial charge in [-0.15, -0.1) is 11.3 Å². The van der Waals surface area contributed by atoms with E-state index in [0.29, 0.717) is 16.2 Å². The van der Waals surface area contributed by atoms with Crippen molar-refractivity contribution >= 4 is 23.0 Å². The summed E-state index contributed by atoms with van der Waals surface area (Å²) in [6.45, 7) is -1.26. The first kappa shape index (κ1) is 16.9. The van der Waals surface area contributed by atoms with Crippen molar-refractivity contribution in [2.24, 2.45) is 5.10 Å². The molecule has 0 fully saturated rings. The number of carbonyl (C=O) groups excluding carboxylic acids is 1. The Morgan fingerprint density at radius 3 is 2.70 bits per heavy atom. The number of carbonyl (C=O) groups is 1. The zero-order valence-corrected chi connectivity index (χ0v) is 13.2. The van der Waals surface area contributed by atoms with E-state index >= 15 is 0 Å². The lowest BCUT2D eigenvalue weighted by atomic mass is 10.1. The average molecular weight is 340 g/mol. The molecule has 1 aromatic heterocycles. The molecule has 0 aliphatic carbocycles. The van der Waals surface area contributed by atoms with E-state index in [2.05, 4.69) is 15.3 Å². The lowest BCUT2D eigenvalue weighted by Gasteiger charge is -2.11. The number of hydrazone groups is 1. The maximum atomic E-state index is 12.3. The van der Waals surface area contributed by atoms with Crippen molar-refractivity contribution in [3.8, 4) is 11.5 Å². The summed E-state index contributed by atoms with van der Waals surface area (Å²) in [5.41, 5.74) is 3.54. The third kappa shape index (κ3) is 4.49. The van der Waals surface area contributed by atoms with Crippen molar-refractivity contribution in [1.82, 2.24) is 5.43 Å². The summed E-state index contributed by atoms with van der Waals surface area (Å²) in [6.07, 6.45) is 0. The second-order valence-electron chi connectivity index (χ2n) is 4.36. The standard InChI is InChI=1S/C15H14F2N2O3S/c1-9(18-19-14(20)13-4-3-7-23-13)10-5-6-11(22-15(16)17)12(8-10)21-2/h3-8,15H,1-2H3,(H,19,20)/b18-9-. The fourth-order valence-electron chi connectivity index (χ4n) is 1.75. The minimum Gasteiger partial charge on any atom is -0.493 e. The van der Waals surface area contributed by atoms with Gasteiger partial charge >= 0.3 is 6.61 Å². The molecule has 1 N–H and O–H groups in total. The topological polar surface area (TPSA) is 59.9 Å². The molecule has 0 saturated heterocycles. The van der Waals surface area contributed by atoms with Crippen LogP contribution in [0.5, 0.6) is 11.5 Å². The average Bonchev–Trinajstić information content (AvgIpc) is 3.06. The van der Waals surface area contributed by atoms with Crippen LogP contribution in [0.2, 0.25) is 0 Å². The second kappa shape index (κ2) is 7.68. The third-order valence-electron chi connectivity index (χ3n) is 2.87. The van der Waals surface area contributed by atoms with Gasteiger partial charge in [-0.3, -0.25) is 4.79 Å². The molecule has 0 bridgehead atoms. The molecule has 8 heteroatoms. The number of thiophene rings is 1. The van der Waals surface area contributed by atoms with Crippen molar-refractivity contribution in [1.29, 1.82) is 0 Å². The Morgan fingerprint density at radius 1 is 1.30 bits per heavy atom. The number of halogens is 2. The van der Waals surface area contributed by atoms with Gasteiger partial charge in [0, 0.05) is 5.56 Å². The van der Waals surface area contributed by atoms with Crippen molar-refractivity contribution in [2.75, 3.05) is 7.11 Å². The van der Waals surface area contributed by atoms with E-state index in [1.807, 2.05) is 0 Å². The van der Waals surface area contributed by atoms with E-state index < -0.39 is 6.61 Å². The lowest BCUT2D eigenvalue weighted by molar-refractivity contribution is -0.0512. The number of benzene rings is 1. The Labute approximate surface area is 135 Å². The number of methoxy groups -OCH3 is 1. The van der Waals surface area contributed by atoms with E-state index in [0.717, 1.165) is 0 Å². The molecular weight excluding hydrogens is 326 g/mol. The van der Waals surface area contributed by atoms with Crippen molar-refractivity contribution in [2.45, 2.75) is 13.5 Å². The van der Waals surface area contributed by atoms with Gasteiger partial charge < -0.3 is 9.47 Å². The van der Waals surface area contributed by atoms with Crippen LogP contribution in [0.25, 0.3) is 0 Å². The van der Waals surface area contributed by atoms with E-state index in [4.69, 9.17) is 4.74 Å². The highest BCUT2D eigenvalue weighted by Crippen LogP contribution is 2.29. The molecule has 0 aliphatic heterocycles. The minimum absolute atomic E-state index is 0.0679.